The summed E-state index contributed by atoms with van der Waals surface area (Å²) in [6.45, 7) is 3.60. The lowest BCUT2D eigenvalue weighted by Crippen LogP contribution is -2.31. The molecule has 2 fully saturated rings. The smallest absolute Gasteiger partial charge is 0.227 e. The number of benzene rings is 1. The van der Waals surface area contributed by atoms with E-state index in [4.69, 9.17) is 4.74 Å². The van der Waals surface area contributed by atoms with Gasteiger partial charge in [-0.15, -0.1) is 0 Å². The second-order valence-electron chi connectivity index (χ2n) is 7.27. The molecular weight excluding hydrogens is 316 g/mol. The van der Waals surface area contributed by atoms with Crippen molar-refractivity contribution in [3.05, 3.63) is 42.5 Å². The minimum absolute atomic E-state index is 0.0608. The van der Waals surface area contributed by atoms with Gasteiger partial charge in [0.1, 0.15) is 11.6 Å². The zero-order valence-electron chi connectivity index (χ0n) is 14.8. The number of aromatic nitrogens is 2. The summed E-state index contributed by atoms with van der Waals surface area (Å²) in [6, 6.07) is 7.77. The van der Waals surface area contributed by atoms with Crippen molar-refractivity contribution < 1.29 is 9.53 Å². The van der Waals surface area contributed by atoms with Gasteiger partial charge in [0.25, 0.3) is 0 Å². The number of imidazole rings is 1. The number of aryl methyl sites for hydroxylation is 1. The van der Waals surface area contributed by atoms with Gasteiger partial charge in [-0.05, 0) is 25.1 Å². The van der Waals surface area contributed by atoms with Crippen molar-refractivity contribution in [3.63, 3.8) is 0 Å². The lowest BCUT2D eigenvalue weighted by Gasteiger charge is -2.24. The SMILES string of the molecule is COc1cccc(N2C[C@]3(CCN(Cc4nccn4C)C3)CC2=O)c1. The Morgan fingerprint density at radius 2 is 2.20 bits per heavy atom. The summed E-state index contributed by atoms with van der Waals surface area (Å²) in [5.41, 5.74) is 0.995. The van der Waals surface area contributed by atoms with Gasteiger partial charge in [0, 0.05) is 56.1 Å². The first-order valence-corrected chi connectivity index (χ1v) is 8.72. The van der Waals surface area contributed by atoms with Crippen molar-refractivity contribution in [2.75, 3.05) is 31.6 Å². The van der Waals surface area contributed by atoms with E-state index in [9.17, 15) is 4.79 Å². The first-order valence-electron chi connectivity index (χ1n) is 8.72. The maximum absolute atomic E-state index is 12.7. The van der Waals surface area contributed by atoms with Crippen LogP contribution in [0.2, 0.25) is 0 Å². The molecule has 0 unspecified atom stereocenters. The Bertz CT molecular complexity index is 787. The van der Waals surface area contributed by atoms with Crippen LogP contribution in [0.4, 0.5) is 5.69 Å². The monoisotopic (exact) mass is 340 g/mol. The lowest BCUT2D eigenvalue weighted by atomic mass is 9.86. The van der Waals surface area contributed by atoms with Crippen LogP contribution in [-0.2, 0) is 18.4 Å². The summed E-state index contributed by atoms with van der Waals surface area (Å²) in [5.74, 6) is 2.08. The molecule has 2 aliphatic heterocycles. The molecule has 2 saturated heterocycles. The number of carbonyl (C=O) groups excluding carboxylic acids is 1. The van der Waals surface area contributed by atoms with E-state index < -0.39 is 0 Å². The summed E-state index contributed by atoms with van der Waals surface area (Å²) in [5, 5.41) is 0. The highest BCUT2D eigenvalue weighted by Crippen LogP contribution is 2.42. The minimum atomic E-state index is 0.0608. The highest BCUT2D eigenvalue weighted by atomic mass is 16.5. The largest absolute Gasteiger partial charge is 0.497 e. The topological polar surface area (TPSA) is 50.6 Å². The van der Waals surface area contributed by atoms with Crippen molar-refractivity contribution in [3.8, 4) is 5.75 Å². The van der Waals surface area contributed by atoms with Gasteiger partial charge in [-0.3, -0.25) is 9.69 Å². The molecule has 2 aliphatic rings. The number of hydrogen-bond acceptors (Lipinski definition) is 4. The van der Waals surface area contributed by atoms with Crippen molar-refractivity contribution in [2.45, 2.75) is 19.4 Å². The molecule has 6 nitrogen and oxygen atoms in total. The van der Waals surface area contributed by atoms with Crippen LogP contribution in [-0.4, -0.2) is 47.1 Å². The van der Waals surface area contributed by atoms with Crippen LogP contribution in [0.25, 0.3) is 0 Å². The summed E-state index contributed by atoms with van der Waals surface area (Å²) in [7, 11) is 3.68. The highest BCUT2D eigenvalue weighted by molar-refractivity contribution is 5.96. The first-order chi connectivity index (χ1) is 12.1. The van der Waals surface area contributed by atoms with Crippen molar-refractivity contribution in [1.29, 1.82) is 0 Å². The zero-order chi connectivity index (χ0) is 17.4. The number of hydrogen-bond donors (Lipinski definition) is 0. The fourth-order valence-electron chi connectivity index (χ4n) is 4.09. The van der Waals surface area contributed by atoms with Crippen LogP contribution in [0.3, 0.4) is 0 Å². The van der Waals surface area contributed by atoms with Gasteiger partial charge >= 0.3 is 0 Å². The molecule has 0 N–H and O–H groups in total. The third kappa shape index (κ3) is 3.02. The van der Waals surface area contributed by atoms with Gasteiger partial charge < -0.3 is 14.2 Å². The van der Waals surface area contributed by atoms with Crippen LogP contribution >= 0.6 is 0 Å². The Kier molecular flexibility index (Phi) is 4.00. The maximum Gasteiger partial charge on any atom is 0.227 e. The van der Waals surface area contributed by atoms with Crippen LogP contribution in [0.1, 0.15) is 18.7 Å². The predicted molar refractivity (Wildman–Crippen MR) is 95.5 cm³/mol. The van der Waals surface area contributed by atoms with E-state index in [1.807, 2.05) is 48.6 Å². The van der Waals surface area contributed by atoms with E-state index in [0.717, 1.165) is 49.9 Å². The minimum Gasteiger partial charge on any atom is -0.497 e. The van der Waals surface area contributed by atoms with Gasteiger partial charge in [0.15, 0.2) is 0 Å². The van der Waals surface area contributed by atoms with Crippen LogP contribution in [0.15, 0.2) is 36.7 Å². The average Bonchev–Trinajstić information content (AvgIpc) is 3.29. The molecule has 0 saturated carbocycles. The summed E-state index contributed by atoms with van der Waals surface area (Å²) in [6.07, 6.45) is 5.50. The Labute approximate surface area is 148 Å². The van der Waals surface area contributed by atoms with E-state index >= 15 is 0 Å². The number of methoxy groups -OCH3 is 1. The molecule has 25 heavy (non-hydrogen) atoms. The molecular formula is C19H24N4O2. The highest BCUT2D eigenvalue weighted by Gasteiger charge is 2.47. The average molecular weight is 340 g/mol. The Morgan fingerprint density at radius 1 is 1.32 bits per heavy atom. The molecule has 0 radical (unpaired) electrons. The van der Waals surface area contributed by atoms with Gasteiger partial charge in [-0.1, -0.05) is 6.07 Å². The second kappa shape index (κ2) is 6.19. The summed E-state index contributed by atoms with van der Waals surface area (Å²) < 4.78 is 7.36. The van der Waals surface area contributed by atoms with Crippen LogP contribution in [0, 0.1) is 5.41 Å². The quantitative estimate of drug-likeness (QED) is 0.855. The number of amides is 1. The number of rotatable bonds is 4. The normalized spacial score (nSPS) is 23.8. The molecule has 1 spiro atoms. The van der Waals surface area contributed by atoms with Crippen molar-refractivity contribution in [1.82, 2.24) is 14.5 Å². The molecule has 1 aromatic carbocycles. The summed E-state index contributed by atoms with van der Waals surface area (Å²) in [4.78, 5) is 21.4. The molecule has 0 bridgehead atoms. The molecule has 6 heteroatoms. The zero-order valence-corrected chi connectivity index (χ0v) is 14.8. The van der Waals surface area contributed by atoms with E-state index in [-0.39, 0.29) is 11.3 Å². The van der Waals surface area contributed by atoms with Crippen LogP contribution < -0.4 is 9.64 Å². The number of carbonyl (C=O) groups is 1. The van der Waals surface area contributed by atoms with E-state index in [1.54, 1.807) is 7.11 Å². The fraction of sp³-hybridized carbons (Fsp3) is 0.474. The molecule has 1 amide bonds. The standard InChI is InChI=1S/C19H24N4O2/c1-21-9-7-20-17(21)12-22-8-6-19(13-22)11-18(24)23(14-19)15-4-3-5-16(10-15)25-2/h3-5,7,9-10H,6,8,11-14H2,1-2H3/t19-/m1/s1. The second-order valence-corrected chi connectivity index (χ2v) is 7.27. The molecule has 3 heterocycles. The van der Waals surface area contributed by atoms with E-state index in [2.05, 4.69) is 14.5 Å². The maximum atomic E-state index is 12.7. The molecule has 0 aliphatic carbocycles. The van der Waals surface area contributed by atoms with Crippen molar-refractivity contribution in [2.24, 2.45) is 12.5 Å². The molecule has 132 valence electrons. The first kappa shape index (κ1) is 16.1. The van der Waals surface area contributed by atoms with Gasteiger partial charge in [-0.25, -0.2) is 4.98 Å². The van der Waals surface area contributed by atoms with Crippen LogP contribution in [0.5, 0.6) is 5.75 Å². The number of ether oxygens (including phenoxy) is 1. The molecule has 1 aromatic heterocycles. The number of anilines is 1. The number of nitrogens with zero attached hydrogens (tertiary/aromatic N) is 4. The molecule has 1 atom stereocenters. The molecule has 4 rings (SSSR count). The summed E-state index contributed by atoms with van der Waals surface area (Å²) >= 11 is 0. The Hall–Kier alpha value is -2.34. The Morgan fingerprint density at radius 3 is 2.96 bits per heavy atom. The van der Waals surface area contributed by atoms with Gasteiger partial charge in [-0.2, -0.15) is 0 Å². The van der Waals surface area contributed by atoms with E-state index in [1.165, 1.54) is 0 Å². The fourth-order valence-corrected chi connectivity index (χ4v) is 4.09. The van der Waals surface area contributed by atoms with Gasteiger partial charge in [0.2, 0.25) is 5.91 Å². The predicted octanol–water partition coefficient (Wildman–Crippen LogP) is 2.06. The van der Waals surface area contributed by atoms with Crippen molar-refractivity contribution >= 4 is 11.6 Å². The third-order valence-corrected chi connectivity index (χ3v) is 5.49. The Balaban J connectivity index is 1.47. The van der Waals surface area contributed by atoms with Gasteiger partial charge in [0.05, 0.1) is 13.7 Å². The number of likely N-dealkylation sites (tertiary alicyclic amines) is 1. The molecule has 2 aromatic rings. The van der Waals surface area contributed by atoms with E-state index in [0.29, 0.717) is 6.42 Å². The lowest BCUT2D eigenvalue weighted by molar-refractivity contribution is -0.117. The third-order valence-electron chi connectivity index (χ3n) is 5.49.